The fraction of sp³-hybridized carbons (Fsp3) is 0.0714. The van der Waals surface area contributed by atoms with Crippen LogP contribution in [-0.4, -0.2) is 10.9 Å². The second kappa shape index (κ2) is 7.35. The molecule has 0 N–H and O–H groups in total. The van der Waals surface area contributed by atoms with Gasteiger partial charge in [-0.05, 0) is 38.1 Å². The van der Waals surface area contributed by atoms with Gasteiger partial charge >= 0.3 is 0 Å². The van der Waals surface area contributed by atoms with E-state index in [9.17, 15) is 4.79 Å². The summed E-state index contributed by atoms with van der Waals surface area (Å²) in [6.45, 7) is 4.03. The van der Waals surface area contributed by atoms with Crippen molar-refractivity contribution in [2.24, 2.45) is 0 Å². The minimum absolute atomic E-state index is 0.129. The number of hydrogen-bond acceptors (Lipinski definition) is 5. The molecule has 5 aromatic rings. The highest BCUT2D eigenvalue weighted by Gasteiger charge is 2.34. The summed E-state index contributed by atoms with van der Waals surface area (Å²) in [5.41, 5.74) is 4.44. The summed E-state index contributed by atoms with van der Waals surface area (Å²) in [6, 6.07) is 24.5. The summed E-state index contributed by atoms with van der Waals surface area (Å²) < 4.78 is 18.2. The lowest BCUT2D eigenvalue weighted by Crippen LogP contribution is -2.10. The predicted octanol–water partition coefficient (Wildman–Crippen LogP) is 7.24. The Morgan fingerprint density at radius 3 is 1.94 bits per heavy atom. The zero-order chi connectivity index (χ0) is 22.5. The maximum absolute atomic E-state index is 13.6. The highest BCUT2D eigenvalue weighted by atomic mass is 16.5. The van der Waals surface area contributed by atoms with Gasteiger partial charge in [0, 0.05) is 17.2 Å². The van der Waals surface area contributed by atoms with Crippen LogP contribution >= 0.6 is 0 Å². The largest absolute Gasteiger partial charge is 0.456 e. The Bertz CT molecular complexity index is 1530. The molecule has 33 heavy (non-hydrogen) atoms. The molecule has 6 rings (SSSR count). The van der Waals surface area contributed by atoms with Crippen LogP contribution in [0.3, 0.4) is 0 Å². The summed E-state index contributed by atoms with van der Waals surface area (Å²) in [5, 5.41) is 4.89. The van der Waals surface area contributed by atoms with Crippen LogP contribution in [0.2, 0.25) is 0 Å². The highest BCUT2D eigenvalue weighted by Crippen LogP contribution is 2.48. The quantitative estimate of drug-likeness (QED) is 0.293. The molecule has 0 aliphatic heterocycles. The van der Waals surface area contributed by atoms with Crippen molar-refractivity contribution in [1.82, 2.24) is 5.16 Å². The Morgan fingerprint density at radius 1 is 0.727 bits per heavy atom. The van der Waals surface area contributed by atoms with Crippen LogP contribution in [0.25, 0.3) is 22.2 Å². The number of carbonyl (C=O) groups excluding carboxylic acids is 1. The van der Waals surface area contributed by atoms with Crippen LogP contribution in [0.1, 0.15) is 27.0 Å². The molecule has 0 saturated carbocycles. The molecule has 1 heterocycles. The van der Waals surface area contributed by atoms with Crippen molar-refractivity contribution in [2.75, 3.05) is 0 Å². The van der Waals surface area contributed by atoms with E-state index in [1.165, 1.54) is 0 Å². The van der Waals surface area contributed by atoms with Gasteiger partial charge in [0.25, 0.3) is 0 Å². The van der Waals surface area contributed by atoms with Gasteiger partial charge in [0.2, 0.25) is 0 Å². The van der Waals surface area contributed by atoms with Gasteiger partial charge in [0.1, 0.15) is 17.2 Å². The van der Waals surface area contributed by atoms with Gasteiger partial charge in [0.05, 0.1) is 10.9 Å². The third-order valence-electron chi connectivity index (χ3n) is 5.83. The van der Waals surface area contributed by atoms with Crippen molar-refractivity contribution in [1.29, 1.82) is 0 Å². The normalized spacial score (nSPS) is 12.0. The van der Waals surface area contributed by atoms with E-state index in [0.717, 1.165) is 11.1 Å². The van der Waals surface area contributed by atoms with E-state index in [-0.39, 0.29) is 5.78 Å². The molecule has 5 heteroatoms. The SMILES string of the molecule is Cc1ccc(Oc2cc(Oc3ccc(C)cc3)c3noc4c3c2C(=O)c2ccccc2-4)cc1. The van der Waals surface area contributed by atoms with Gasteiger partial charge in [0.15, 0.2) is 22.8 Å². The Morgan fingerprint density at radius 2 is 1.30 bits per heavy atom. The Hall–Kier alpha value is -4.38. The van der Waals surface area contributed by atoms with E-state index < -0.39 is 0 Å². The van der Waals surface area contributed by atoms with E-state index in [1.54, 1.807) is 12.1 Å². The van der Waals surface area contributed by atoms with Crippen LogP contribution in [0.15, 0.2) is 83.4 Å². The number of fused-ring (bicyclic) bond motifs is 2. The molecule has 4 aromatic carbocycles. The van der Waals surface area contributed by atoms with Crippen LogP contribution < -0.4 is 9.47 Å². The van der Waals surface area contributed by atoms with Gasteiger partial charge in [-0.1, -0.05) is 64.8 Å². The molecule has 1 aliphatic carbocycles. The molecule has 1 aromatic heterocycles. The average molecular weight is 433 g/mol. The zero-order valence-corrected chi connectivity index (χ0v) is 18.1. The summed E-state index contributed by atoms with van der Waals surface area (Å²) in [6.07, 6.45) is 0. The van der Waals surface area contributed by atoms with Gasteiger partial charge < -0.3 is 14.0 Å². The monoisotopic (exact) mass is 433 g/mol. The molecular formula is C28H19NO4. The number of ketones is 1. The van der Waals surface area contributed by atoms with Crippen molar-refractivity contribution in [3.05, 3.63) is 101 Å². The lowest BCUT2D eigenvalue weighted by Gasteiger charge is -2.18. The van der Waals surface area contributed by atoms with Crippen molar-refractivity contribution < 1.29 is 18.8 Å². The molecule has 0 unspecified atom stereocenters. The van der Waals surface area contributed by atoms with Crippen molar-refractivity contribution in [3.8, 4) is 34.3 Å². The van der Waals surface area contributed by atoms with E-state index in [4.69, 9.17) is 14.0 Å². The third kappa shape index (κ3) is 3.17. The number of nitrogens with zero attached hydrogens (tertiary/aromatic N) is 1. The lowest BCUT2D eigenvalue weighted by molar-refractivity contribution is 0.103. The van der Waals surface area contributed by atoms with Gasteiger partial charge in [-0.3, -0.25) is 4.79 Å². The Balaban J connectivity index is 1.58. The Labute approximate surface area is 190 Å². The van der Waals surface area contributed by atoms with E-state index in [2.05, 4.69) is 5.16 Å². The fourth-order valence-electron chi connectivity index (χ4n) is 4.12. The number of rotatable bonds is 4. The first-order valence-corrected chi connectivity index (χ1v) is 10.7. The van der Waals surface area contributed by atoms with Crippen LogP contribution in [0.4, 0.5) is 0 Å². The predicted molar refractivity (Wildman–Crippen MR) is 125 cm³/mol. The minimum atomic E-state index is -0.129. The maximum atomic E-state index is 13.6. The standard InChI is InChI=1S/C28H19NO4/c1-16-7-11-18(12-8-16)31-22-15-23(32-19-13-9-17(2)10-14-19)26-25-24(22)27(30)20-5-3-4-6-21(20)28(25)33-29-26/h3-15H,1-2H3. The number of aromatic nitrogens is 1. The molecule has 0 atom stereocenters. The topological polar surface area (TPSA) is 61.6 Å². The van der Waals surface area contributed by atoms with E-state index >= 15 is 0 Å². The van der Waals surface area contributed by atoms with Crippen molar-refractivity contribution in [3.63, 3.8) is 0 Å². The number of hydrogen-bond donors (Lipinski definition) is 0. The summed E-state index contributed by atoms with van der Waals surface area (Å²) in [5.74, 6) is 2.55. The zero-order valence-electron chi connectivity index (χ0n) is 18.1. The van der Waals surface area contributed by atoms with Crippen LogP contribution in [0.5, 0.6) is 23.0 Å². The van der Waals surface area contributed by atoms with Crippen LogP contribution in [0, 0.1) is 13.8 Å². The molecule has 0 saturated heterocycles. The maximum Gasteiger partial charge on any atom is 0.198 e. The van der Waals surface area contributed by atoms with E-state index in [1.807, 2.05) is 80.6 Å². The first-order valence-electron chi connectivity index (χ1n) is 10.7. The molecular weight excluding hydrogens is 414 g/mol. The second-order valence-electron chi connectivity index (χ2n) is 8.19. The molecule has 0 bridgehead atoms. The molecule has 0 fully saturated rings. The molecule has 0 radical (unpaired) electrons. The number of aryl methyl sites for hydroxylation is 2. The summed E-state index contributed by atoms with van der Waals surface area (Å²) in [7, 11) is 0. The van der Waals surface area contributed by atoms with Gasteiger partial charge in [-0.25, -0.2) is 0 Å². The summed E-state index contributed by atoms with van der Waals surface area (Å²) in [4.78, 5) is 13.6. The van der Waals surface area contributed by atoms with Gasteiger partial charge in [-0.2, -0.15) is 0 Å². The minimum Gasteiger partial charge on any atom is -0.456 e. The second-order valence-corrected chi connectivity index (χ2v) is 8.19. The molecule has 0 spiro atoms. The number of benzene rings is 4. The number of carbonyl (C=O) groups is 1. The highest BCUT2D eigenvalue weighted by molar-refractivity contribution is 6.26. The first kappa shape index (κ1) is 19.3. The van der Waals surface area contributed by atoms with E-state index in [0.29, 0.717) is 56.4 Å². The first-order chi connectivity index (χ1) is 16.1. The smallest absolute Gasteiger partial charge is 0.198 e. The molecule has 1 aliphatic rings. The Kier molecular flexibility index (Phi) is 4.30. The average Bonchev–Trinajstić information content (AvgIpc) is 3.27. The van der Waals surface area contributed by atoms with Crippen molar-refractivity contribution in [2.45, 2.75) is 13.8 Å². The molecule has 160 valence electrons. The summed E-state index contributed by atoms with van der Waals surface area (Å²) >= 11 is 0. The van der Waals surface area contributed by atoms with Crippen LogP contribution in [-0.2, 0) is 0 Å². The molecule has 5 nitrogen and oxygen atoms in total. The number of ether oxygens (including phenoxy) is 2. The van der Waals surface area contributed by atoms with Gasteiger partial charge in [-0.15, -0.1) is 0 Å². The molecule has 0 amide bonds. The lowest BCUT2D eigenvalue weighted by atomic mass is 9.87. The fourth-order valence-corrected chi connectivity index (χ4v) is 4.12. The van der Waals surface area contributed by atoms with Crippen molar-refractivity contribution >= 4 is 16.7 Å². The third-order valence-corrected chi connectivity index (χ3v) is 5.83.